The van der Waals surface area contributed by atoms with Crippen LogP contribution in [0.2, 0.25) is 0 Å². The second-order valence-corrected chi connectivity index (χ2v) is 8.38. The number of urea groups is 1. The second kappa shape index (κ2) is 9.56. The van der Waals surface area contributed by atoms with E-state index >= 15 is 0 Å². The number of hydrogen-bond donors (Lipinski definition) is 2. The molecule has 170 valence electrons. The molecule has 3 heterocycles. The molecule has 2 atom stereocenters. The summed E-state index contributed by atoms with van der Waals surface area (Å²) in [6.45, 7) is 3.79. The molecule has 1 aromatic carbocycles. The molecule has 4 rings (SSSR count). The molecule has 2 unspecified atom stereocenters. The van der Waals surface area contributed by atoms with Crippen molar-refractivity contribution < 1.29 is 18.8 Å². The van der Waals surface area contributed by atoms with Crippen molar-refractivity contribution in [3.63, 3.8) is 0 Å². The lowest BCUT2D eigenvalue weighted by Gasteiger charge is -2.33. The minimum atomic E-state index is -1.14. The molecule has 2 aliphatic heterocycles. The first-order valence-electron chi connectivity index (χ1n) is 11.3. The lowest BCUT2D eigenvalue weighted by Crippen LogP contribution is -2.46. The summed E-state index contributed by atoms with van der Waals surface area (Å²) in [6.07, 6.45) is 5.48. The first-order chi connectivity index (χ1) is 15.5. The molecular weight excluding hydrogens is 408 g/mol. The summed E-state index contributed by atoms with van der Waals surface area (Å²) in [4.78, 5) is 41.9. The van der Waals surface area contributed by atoms with E-state index in [1.807, 2.05) is 49.4 Å². The maximum atomic E-state index is 13.2. The van der Waals surface area contributed by atoms with Crippen molar-refractivity contribution in [1.29, 1.82) is 0 Å². The molecule has 8 heteroatoms. The molecule has 0 bridgehead atoms. The number of nitrogens with one attached hydrogen (secondary N) is 2. The topological polar surface area (TPSA) is 94.9 Å². The Morgan fingerprint density at radius 2 is 1.88 bits per heavy atom. The fourth-order valence-corrected chi connectivity index (χ4v) is 4.66. The first kappa shape index (κ1) is 22.1. The van der Waals surface area contributed by atoms with Crippen molar-refractivity contribution in [2.24, 2.45) is 0 Å². The lowest BCUT2D eigenvalue weighted by molar-refractivity contribution is -0.135. The van der Waals surface area contributed by atoms with Gasteiger partial charge in [0.25, 0.3) is 5.91 Å². The largest absolute Gasteiger partial charge is 0.468 e. The molecule has 2 fully saturated rings. The predicted molar refractivity (Wildman–Crippen MR) is 119 cm³/mol. The van der Waals surface area contributed by atoms with Crippen molar-refractivity contribution in [3.05, 3.63) is 60.1 Å². The molecule has 32 heavy (non-hydrogen) atoms. The van der Waals surface area contributed by atoms with Gasteiger partial charge in [0, 0.05) is 6.54 Å². The highest BCUT2D eigenvalue weighted by Gasteiger charge is 2.51. The van der Waals surface area contributed by atoms with Crippen molar-refractivity contribution in [2.75, 3.05) is 26.2 Å². The van der Waals surface area contributed by atoms with Crippen LogP contribution in [-0.4, -0.2) is 53.8 Å². The standard InChI is InChI=1S/C24H30N4O4/c1-2-24(18-10-5-3-6-11-18)22(30)28(23(31)26-24)17-21(29)25-16-19(20-12-9-15-32-20)27-13-7-4-8-14-27/h3,5-6,9-12,15,19H,2,4,7-8,13-14,16-17H2,1H3,(H,25,29)(H,26,31). The third-order valence-corrected chi connectivity index (χ3v) is 6.47. The van der Waals surface area contributed by atoms with E-state index < -0.39 is 17.5 Å². The molecule has 2 N–H and O–H groups in total. The van der Waals surface area contributed by atoms with Gasteiger partial charge < -0.3 is 15.1 Å². The lowest BCUT2D eigenvalue weighted by atomic mass is 9.87. The minimum absolute atomic E-state index is 0.0728. The van der Waals surface area contributed by atoms with Crippen LogP contribution in [0.25, 0.3) is 0 Å². The van der Waals surface area contributed by atoms with E-state index in [0.717, 1.165) is 36.6 Å². The van der Waals surface area contributed by atoms with Crippen molar-refractivity contribution in [2.45, 2.75) is 44.2 Å². The van der Waals surface area contributed by atoms with E-state index in [0.29, 0.717) is 18.5 Å². The summed E-state index contributed by atoms with van der Waals surface area (Å²) in [5.74, 6) is 0.0308. The number of rotatable bonds is 8. The van der Waals surface area contributed by atoms with Gasteiger partial charge in [0.15, 0.2) is 0 Å². The third-order valence-electron chi connectivity index (χ3n) is 6.47. The van der Waals surface area contributed by atoms with Crippen LogP contribution in [0.3, 0.4) is 0 Å². The van der Waals surface area contributed by atoms with Crippen LogP contribution in [0, 0.1) is 0 Å². The zero-order valence-corrected chi connectivity index (χ0v) is 18.4. The smallest absolute Gasteiger partial charge is 0.325 e. The summed E-state index contributed by atoms with van der Waals surface area (Å²) in [5.41, 5.74) is -0.421. The first-order valence-corrected chi connectivity index (χ1v) is 11.3. The Balaban J connectivity index is 1.42. The maximum absolute atomic E-state index is 13.2. The van der Waals surface area contributed by atoms with Crippen molar-refractivity contribution >= 4 is 17.8 Å². The van der Waals surface area contributed by atoms with E-state index in [-0.39, 0.29) is 18.5 Å². The van der Waals surface area contributed by atoms with Crippen LogP contribution in [0.5, 0.6) is 0 Å². The summed E-state index contributed by atoms with van der Waals surface area (Å²) in [7, 11) is 0. The SMILES string of the molecule is CCC1(c2ccccc2)NC(=O)N(CC(=O)NCC(c2ccco2)N2CCCCC2)C1=O. The molecule has 2 saturated heterocycles. The van der Waals surface area contributed by atoms with E-state index in [9.17, 15) is 14.4 Å². The molecule has 0 radical (unpaired) electrons. The average Bonchev–Trinajstić information content (AvgIpc) is 3.44. The third kappa shape index (κ3) is 4.27. The maximum Gasteiger partial charge on any atom is 0.325 e. The van der Waals surface area contributed by atoms with Crippen LogP contribution in [0.4, 0.5) is 4.79 Å². The van der Waals surface area contributed by atoms with Gasteiger partial charge in [0.2, 0.25) is 5.91 Å². The number of amides is 4. The van der Waals surface area contributed by atoms with E-state index in [2.05, 4.69) is 15.5 Å². The van der Waals surface area contributed by atoms with Crippen molar-refractivity contribution in [3.8, 4) is 0 Å². The Morgan fingerprint density at radius 3 is 2.53 bits per heavy atom. The quantitative estimate of drug-likeness (QED) is 0.618. The Hall–Kier alpha value is -3.13. The van der Waals surface area contributed by atoms with Gasteiger partial charge in [-0.15, -0.1) is 0 Å². The number of nitrogens with zero attached hydrogens (tertiary/aromatic N) is 2. The van der Waals surface area contributed by atoms with Crippen molar-refractivity contribution in [1.82, 2.24) is 20.4 Å². The van der Waals surface area contributed by atoms with E-state index in [1.165, 1.54) is 6.42 Å². The van der Waals surface area contributed by atoms with Crippen LogP contribution in [-0.2, 0) is 15.1 Å². The highest BCUT2D eigenvalue weighted by atomic mass is 16.3. The molecule has 1 aromatic heterocycles. The van der Waals surface area contributed by atoms with Crippen LogP contribution >= 0.6 is 0 Å². The Kier molecular flexibility index (Phi) is 6.60. The number of carbonyl (C=O) groups excluding carboxylic acids is 3. The number of hydrogen-bond acceptors (Lipinski definition) is 5. The number of likely N-dealkylation sites (tertiary alicyclic amines) is 1. The fourth-order valence-electron chi connectivity index (χ4n) is 4.66. The van der Waals surface area contributed by atoms with Gasteiger partial charge in [0.1, 0.15) is 17.8 Å². The summed E-state index contributed by atoms with van der Waals surface area (Å²) < 4.78 is 5.62. The van der Waals surface area contributed by atoms with Crippen LogP contribution in [0.1, 0.15) is 50.0 Å². The molecule has 8 nitrogen and oxygen atoms in total. The molecule has 2 aliphatic rings. The molecule has 0 saturated carbocycles. The Bertz CT molecular complexity index is 940. The summed E-state index contributed by atoms with van der Waals surface area (Å²) >= 11 is 0. The molecule has 0 spiro atoms. The van der Waals surface area contributed by atoms with E-state index in [4.69, 9.17) is 4.42 Å². The molecule has 4 amide bonds. The number of carbonyl (C=O) groups is 3. The van der Waals surface area contributed by atoms with Gasteiger partial charge in [-0.1, -0.05) is 43.7 Å². The summed E-state index contributed by atoms with van der Waals surface area (Å²) in [6, 6.07) is 12.3. The predicted octanol–water partition coefficient (Wildman–Crippen LogP) is 2.78. The van der Waals surface area contributed by atoms with Crippen LogP contribution in [0.15, 0.2) is 53.1 Å². The summed E-state index contributed by atoms with van der Waals surface area (Å²) in [5, 5.41) is 5.72. The monoisotopic (exact) mass is 438 g/mol. The molecular formula is C24H30N4O4. The molecule has 0 aliphatic carbocycles. The highest BCUT2D eigenvalue weighted by molar-refractivity contribution is 6.09. The second-order valence-electron chi connectivity index (χ2n) is 8.38. The highest BCUT2D eigenvalue weighted by Crippen LogP contribution is 2.32. The zero-order valence-electron chi connectivity index (χ0n) is 18.4. The fraction of sp³-hybridized carbons (Fsp3) is 0.458. The number of benzene rings is 1. The van der Waals surface area contributed by atoms with E-state index in [1.54, 1.807) is 6.26 Å². The number of furan rings is 1. The molecule has 2 aromatic rings. The minimum Gasteiger partial charge on any atom is -0.468 e. The number of piperidine rings is 1. The Labute approximate surface area is 187 Å². The van der Waals surface area contributed by atoms with Gasteiger partial charge in [-0.2, -0.15) is 0 Å². The normalized spacial score (nSPS) is 22.6. The van der Waals surface area contributed by atoms with Gasteiger partial charge in [-0.3, -0.25) is 19.4 Å². The number of imide groups is 1. The van der Waals surface area contributed by atoms with Gasteiger partial charge in [-0.05, 0) is 50.0 Å². The van der Waals surface area contributed by atoms with Gasteiger partial charge >= 0.3 is 6.03 Å². The zero-order chi connectivity index (χ0) is 22.6. The van der Waals surface area contributed by atoms with Gasteiger partial charge in [-0.25, -0.2) is 4.79 Å². The van der Waals surface area contributed by atoms with Crippen LogP contribution < -0.4 is 10.6 Å². The van der Waals surface area contributed by atoms with Gasteiger partial charge in [0.05, 0.1) is 12.3 Å². The Morgan fingerprint density at radius 1 is 1.12 bits per heavy atom. The average molecular weight is 439 g/mol.